The van der Waals surface area contributed by atoms with E-state index in [1.807, 2.05) is 37.5 Å². The number of hydrogen-bond donors (Lipinski definition) is 2. The number of piperidine rings is 2. The summed E-state index contributed by atoms with van der Waals surface area (Å²) >= 11 is 0. The minimum Gasteiger partial charge on any atom is -0.496 e. The van der Waals surface area contributed by atoms with E-state index in [1.165, 1.54) is 0 Å². The van der Waals surface area contributed by atoms with Crippen molar-refractivity contribution in [1.82, 2.24) is 24.7 Å². The van der Waals surface area contributed by atoms with E-state index < -0.39 is 29.7 Å². The lowest BCUT2D eigenvalue weighted by Gasteiger charge is -2.55. The number of hydrogen-bond acceptors (Lipinski definition) is 9. The summed E-state index contributed by atoms with van der Waals surface area (Å²) in [7, 11) is 5.09. The number of rotatable bonds is 7. The molecule has 3 saturated heterocycles. The Hall–Kier alpha value is -5.43. The number of carbonyl (C=O) groups excluding carboxylic acids is 4. The first kappa shape index (κ1) is 32.8. The van der Waals surface area contributed by atoms with Crippen LogP contribution in [-0.2, 0) is 23.2 Å². The molecule has 0 radical (unpaired) electrons. The van der Waals surface area contributed by atoms with Crippen LogP contribution in [0.3, 0.4) is 0 Å². The molecule has 0 aliphatic carbocycles. The van der Waals surface area contributed by atoms with Gasteiger partial charge >= 0.3 is 0 Å². The van der Waals surface area contributed by atoms with Crippen LogP contribution < -0.4 is 25.2 Å². The molecule has 51 heavy (non-hydrogen) atoms. The van der Waals surface area contributed by atoms with Crippen LogP contribution >= 0.6 is 0 Å². The Bertz CT molecular complexity index is 2180. The van der Waals surface area contributed by atoms with Crippen molar-refractivity contribution in [3.63, 3.8) is 0 Å². The zero-order chi connectivity index (χ0) is 35.8. The fraction of sp³-hybridized carbons (Fsp3) is 0.395. The highest BCUT2D eigenvalue weighted by Gasteiger charge is 2.47. The van der Waals surface area contributed by atoms with E-state index >= 15 is 0 Å². The lowest BCUT2D eigenvalue weighted by atomic mass is 9.71. The fourth-order valence-corrected chi connectivity index (χ4v) is 8.37. The molecule has 8 rings (SSSR count). The van der Waals surface area contributed by atoms with E-state index in [-0.39, 0.29) is 29.4 Å². The highest BCUT2D eigenvalue weighted by Crippen LogP contribution is 2.45. The van der Waals surface area contributed by atoms with Crippen molar-refractivity contribution in [1.29, 1.82) is 0 Å². The van der Waals surface area contributed by atoms with Crippen molar-refractivity contribution in [2.45, 2.75) is 45.2 Å². The molecule has 4 aliphatic heterocycles. The summed E-state index contributed by atoms with van der Waals surface area (Å²) in [4.78, 5) is 72.1. The van der Waals surface area contributed by atoms with Gasteiger partial charge in [0.1, 0.15) is 23.1 Å². The molecule has 6 heterocycles. The second kappa shape index (κ2) is 12.1. The van der Waals surface area contributed by atoms with E-state index in [0.717, 1.165) is 88.7 Å². The maximum Gasteiger partial charge on any atom is 0.274 e. The smallest absolute Gasteiger partial charge is 0.274 e. The number of aromatic nitrogens is 2. The van der Waals surface area contributed by atoms with Gasteiger partial charge < -0.3 is 23.9 Å². The van der Waals surface area contributed by atoms with Gasteiger partial charge in [-0.2, -0.15) is 0 Å². The molecular formula is C38H40N6O7. The van der Waals surface area contributed by atoms with Gasteiger partial charge in [0, 0.05) is 67.5 Å². The van der Waals surface area contributed by atoms with Crippen molar-refractivity contribution >= 4 is 40.2 Å². The number of amides is 4. The highest BCUT2D eigenvalue weighted by molar-refractivity contribution is 6.23. The average Bonchev–Trinajstić information content (AvgIpc) is 3.61. The monoisotopic (exact) mass is 692 g/mol. The van der Waals surface area contributed by atoms with Crippen LogP contribution in [-0.4, -0.2) is 89.4 Å². The van der Waals surface area contributed by atoms with Crippen molar-refractivity contribution in [3.05, 3.63) is 75.3 Å². The van der Waals surface area contributed by atoms with E-state index in [4.69, 9.17) is 9.47 Å². The van der Waals surface area contributed by atoms with Crippen LogP contribution in [0.1, 0.15) is 57.5 Å². The van der Waals surface area contributed by atoms with Gasteiger partial charge in [-0.3, -0.25) is 39.1 Å². The zero-order valence-corrected chi connectivity index (χ0v) is 29.1. The number of aromatic amines is 1. The number of ether oxygens (including phenoxy) is 2. The number of pyridine rings is 1. The van der Waals surface area contributed by atoms with Crippen molar-refractivity contribution in [2.75, 3.05) is 45.3 Å². The maximum atomic E-state index is 13.3. The lowest BCUT2D eigenvalue weighted by molar-refractivity contribution is -0.136. The Morgan fingerprint density at radius 2 is 1.59 bits per heavy atom. The number of H-pyrrole nitrogens is 1. The highest BCUT2D eigenvalue weighted by atomic mass is 16.5. The van der Waals surface area contributed by atoms with Gasteiger partial charge in [0.05, 0.1) is 30.9 Å². The quantitative estimate of drug-likeness (QED) is 0.279. The molecule has 4 amide bonds. The number of likely N-dealkylation sites (tertiary alicyclic amines) is 1. The average molecular weight is 693 g/mol. The minimum absolute atomic E-state index is 0.0768. The number of methoxy groups -OCH3 is 2. The van der Waals surface area contributed by atoms with Crippen LogP contribution in [0.5, 0.6) is 11.5 Å². The standard InChI is InChI=1S/C38H40N6O7/c1-21-16-39-33-32(21)26(17-41(2)37(33)49)22-13-29(50-3)27(30(14-22)51-4)18-42-11-9-38(10-12-42)19-43(20-38)23-5-6-24-25(15-23)36(48)44(35(24)47)28-7-8-31(45)40-34(28)46/h5-6,13-17,28,39H,7-12,18-20H2,1-4H3,(H,40,45,46). The summed E-state index contributed by atoms with van der Waals surface area (Å²) in [5, 5.41) is 3.13. The SMILES string of the molecule is COc1cc(-c2cn(C)c(=O)c3[nH]cc(C)c23)cc(OC)c1CN1CCC2(CC1)CN(c1ccc3c(c1)C(=O)N(C1CCC(=O)NC1=O)C3=O)C2. The van der Waals surface area contributed by atoms with Crippen LogP contribution in [0.4, 0.5) is 5.69 Å². The first-order valence-electron chi connectivity index (χ1n) is 17.3. The minimum atomic E-state index is -0.978. The topological polar surface area (TPSA) is 146 Å². The number of anilines is 1. The van der Waals surface area contributed by atoms with Crippen LogP contribution in [0.15, 0.2) is 47.5 Å². The number of benzene rings is 2. The van der Waals surface area contributed by atoms with E-state index in [0.29, 0.717) is 17.6 Å². The summed E-state index contributed by atoms with van der Waals surface area (Å²) in [5.74, 6) is -0.525. The summed E-state index contributed by atoms with van der Waals surface area (Å²) in [6.07, 6.45) is 5.97. The zero-order valence-electron chi connectivity index (χ0n) is 29.1. The van der Waals surface area contributed by atoms with Gasteiger partial charge in [0.15, 0.2) is 0 Å². The Balaban J connectivity index is 0.942. The van der Waals surface area contributed by atoms with Crippen LogP contribution in [0.2, 0.25) is 0 Å². The number of nitrogens with zero attached hydrogens (tertiary/aromatic N) is 4. The molecule has 13 nitrogen and oxygen atoms in total. The molecule has 3 fully saturated rings. The molecule has 2 aromatic carbocycles. The first-order valence-corrected chi connectivity index (χ1v) is 17.3. The third-order valence-electron chi connectivity index (χ3n) is 11.3. The number of carbonyl (C=O) groups is 4. The fourth-order valence-electron chi connectivity index (χ4n) is 8.37. The molecule has 2 aromatic heterocycles. The normalized spacial score (nSPS) is 20.2. The van der Waals surface area contributed by atoms with Gasteiger partial charge in [0.2, 0.25) is 11.8 Å². The van der Waals surface area contributed by atoms with Gasteiger partial charge in [0.25, 0.3) is 17.4 Å². The molecule has 13 heteroatoms. The predicted octanol–water partition coefficient (Wildman–Crippen LogP) is 3.36. The van der Waals surface area contributed by atoms with Gasteiger partial charge in [-0.25, -0.2) is 0 Å². The van der Waals surface area contributed by atoms with Gasteiger partial charge in [-0.05, 0) is 80.7 Å². The van der Waals surface area contributed by atoms with E-state index in [1.54, 1.807) is 38.0 Å². The Labute approximate surface area is 294 Å². The second-order valence-corrected chi connectivity index (χ2v) is 14.3. The lowest BCUT2D eigenvalue weighted by Crippen LogP contribution is -2.60. The van der Waals surface area contributed by atoms with Gasteiger partial charge in [-0.15, -0.1) is 0 Å². The third-order valence-corrected chi connectivity index (χ3v) is 11.3. The van der Waals surface area contributed by atoms with Gasteiger partial charge in [-0.1, -0.05) is 0 Å². The Morgan fingerprint density at radius 3 is 2.25 bits per heavy atom. The molecule has 1 unspecified atom stereocenters. The van der Waals surface area contributed by atoms with E-state index in [2.05, 4.69) is 20.1 Å². The first-order chi connectivity index (χ1) is 24.5. The molecular weight excluding hydrogens is 652 g/mol. The van der Waals surface area contributed by atoms with E-state index in [9.17, 15) is 24.0 Å². The number of aryl methyl sites for hydroxylation is 2. The molecule has 0 bridgehead atoms. The third kappa shape index (κ3) is 5.29. The number of nitrogens with one attached hydrogen (secondary N) is 2. The molecule has 0 saturated carbocycles. The van der Waals surface area contributed by atoms with Crippen molar-refractivity contribution in [2.24, 2.45) is 12.5 Å². The summed E-state index contributed by atoms with van der Waals surface area (Å²) in [6, 6.07) is 8.39. The molecule has 4 aliphatic rings. The van der Waals surface area contributed by atoms with Crippen LogP contribution in [0.25, 0.3) is 22.0 Å². The molecule has 1 spiro atoms. The Kier molecular flexibility index (Phi) is 7.78. The summed E-state index contributed by atoms with van der Waals surface area (Å²) in [5.41, 5.74) is 5.93. The summed E-state index contributed by atoms with van der Waals surface area (Å²) < 4.78 is 13.5. The van der Waals surface area contributed by atoms with Crippen molar-refractivity contribution < 1.29 is 28.7 Å². The predicted molar refractivity (Wildman–Crippen MR) is 189 cm³/mol. The molecule has 4 aromatic rings. The Morgan fingerprint density at radius 1 is 0.902 bits per heavy atom. The molecule has 1 atom stereocenters. The molecule has 264 valence electrons. The largest absolute Gasteiger partial charge is 0.496 e. The maximum absolute atomic E-state index is 13.3. The van der Waals surface area contributed by atoms with Crippen LogP contribution in [0, 0.1) is 12.3 Å². The molecule has 2 N–H and O–H groups in total. The number of imide groups is 2. The number of fused-ring (bicyclic) bond motifs is 2. The summed E-state index contributed by atoms with van der Waals surface area (Å²) in [6.45, 7) is 6.18. The second-order valence-electron chi connectivity index (χ2n) is 14.3. The van der Waals surface area contributed by atoms with Crippen molar-refractivity contribution in [3.8, 4) is 22.6 Å².